The Bertz CT molecular complexity index is 934. The Balaban J connectivity index is 1.87. The van der Waals surface area contributed by atoms with Gasteiger partial charge >= 0.3 is 0 Å². The summed E-state index contributed by atoms with van der Waals surface area (Å²) in [6.07, 6.45) is 0. The number of hydrogen-bond acceptors (Lipinski definition) is 4. The molecule has 0 aliphatic carbocycles. The Hall–Kier alpha value is -2.79. The average Bonchev–Trinajstić information content (AvgIpc) is 3.06. The van der Waals surface area contributed by atoms with E-state index in [9.17, 15) is 4.79 Å². The molecule has 5 nitrogen and oxygen atoms in total. The van der Waals surface area contributed by atoms with Crippen LogP contribution in [0.5, 0.6) is 0 Å². The van der Waals surface area contributed by atoms with Crippen molar-refractivity contribution in [2.45, 2.75) is 20.8 Å². The van der Waals surface area contributed by atoms with Gasteiger partial charge in [-0.25, -0.2) is 0 Å². The molecule has 2 aromatic carbocycles. The number of amides is 1. The fourth-order valence-corrected chi connectivity index (χ4v) is 3.33. The van der Waals surface area contributed by atoms with Gasteiger partial charge in [0.1, 0.15) is 17.0 Å². The summed E-state index contributed by atoms with van der Waals surface area (Å²) in [5, 5.41) is 7.55. The summed E-state index contributed by atoms with van der Waals surface area (Å²) in [7, 11) is 0. The Labute approximate surface area is 163 Å². The summed E-state index contributed by atoms with van der Waals surface area (Å²) in [6, 6.07) is 15.0. The lowest BCUT2D eigenvalue weighted by Crippen LogP contribution is -2.22. The molecule has 1 N–H and O–H groups in total. The molecule has 6 heteroatoms. The number of aromatic nitrogens is 1. The van der Waals surface area contributed by atoms with Crippen molar-refractivity contribution < 1.29 is 9.32 Å². The van der Waals surface area contributed by atoms with Crippen molar-refractivity contribution in [2.75, 3.05) is 23.3 Å². The molecular weight excluding hydrogens is 362 g/mol. The predicted octanol–water partition coefficient (Wildman–Crippen LogP) is 5.40. The normalized spacial score (nSPS) is 10.7. The highest BCUT2D eigenvalue weighted by molar-refractivity contribution is 6.33. The Morgan fingerprint density at radius 2 is 1.85 bits per heavy atom. The topological polar surface area (TPSA) is 58.4 Å². The number of hydrogen-bond donors (Lipinski definition) is 1. The fourth-order valence-electron chi connectivity index (χ4n) is 3.03. The van der Waals surface area contributed by atoms with Crippen LogP contribution in [0.3, 0.4) is 0 Å². The summed E-state index contributed by atoms with van der Waals surface area (Å²) in [4.78, 5) is 15.0. The number of halogens is 1. The lowest BCUT2D eigenvalue weighted by molar-refractivity contribution is 0.102. The van der Waals surface area contributed by atoms with E-state index in [1.54, 1.807) is 13.0 Å². The predicted molar refractivity (Wildman–Crippen MR) is 110 cm³/mol. The van der Waals surface area contributed by atoms with Crippen molar-refractivity contribution in [3.05, 3.63) is 64.9 Å². The maximum absolute atomic E-state index is 12.9. The number of carbonyl (C=O) groups excluding carboxylic acids is 1. The second-order valence-electron chi connectivity index (χ2n) is 6.12. The summed E-state index contributed by atoms with van der Waals surface area (Å²) >= 11 is 6.42. The lowest BCUT2D eigenvalue weighted by Gasteiger charge is -2.22. The van der Waals surface area contributed by atoms with E-state index >= 15 is 0 Å². The maximum atomic E-state index is 12.9. The van der Waals surface area contributed by atoms with Crippen molar-refractivity contribution in [3.63, 3.8) is 0 Å². The van der Waals surface area contributed by atoms with Crippen molar-refractivity contribution in [2.24, 2.45) is 0 Å². The Morgan fingerprint density at radius 3 is 2.48 bits per heavy atom. The first-order chi connectivity index (χ1) is 13.0. The molecule has 0 atom stereocenters. The minimum atomic E-state index is -0.278. The van der Waals surface area contributed by atoms with Crippen LogP contribution in [0.2, 0.25) is 5.02 Å². The van der Waals surface area contributed by atoms with Gasteiger partial charge in [0.2, 0.25) is 0 Å². The van der Waals surface area contributed by atoms with Crippen LogP contribution in [0.4, 0.5) is 11.4 Å². The molecule has 1 heterocycles. The maximum Gasteiger partial charge on any atom is 0.261 e. The van der Waals surface area contributed by atoms with E-state index in [0.717, 1.165) is 24.3 Å². The third-order valence-electron chi connectivity index (χ3n) is 4.45. The minimum absolute atomic E-state index is 0.278. The van der Waals surface area contributed by atoms with E-state index in [0.29, 0.717) is 27.7 Å². The number of anilines is 2. The van der Waals surface area contributed by atoms with Gasteiger partial charge in [-0.2, -0.15) is 0 Å². The Kier molecular flexibility index (Phi) is 5.81. The molecule has 0 unspecified atom stereocenters. The highest BCUT2D eigenvalue weighted by Crippen LogP contribution is 2.30. The van der Waals surface area contributed by atoms with Crippen LogP contribution in [-0.2, 0) is 0 Å². The number of nitrogens with one attached hydrogen (secondary N) is 1. The molecule has 1 aromatic heterocycles. The molecular formula is C21H22ClN3O2. The van der Waals surface area contributed by atoms with Gasteiger partial charge in [0.15, 0.2) is 0 Å². The highest BCUT2D eigenvalue weighted by atomic mass is 35.5. The van der Waals surface area contributed by atoms with E-state index in [-0.39, 0.29) is 5.91 Å². The number of aryl methyl sites for hydroxylation is 1. The average molecular weight is 384 g/mol. The van der Waals surface area contributed by atoms with Gasteiger partial charge in [-0.15, -0.1) is 0 Å². The number of nitrogens with zero attached hydrogens (tertiary/aromatic N) is 2. The minimum Gasteiger partial charge on any atom is -0.371 e. The molecule has 1 amide bonds. The smallest absolute Gasteiger partial charge is 0.261 e. The van der Waals surface area contributed by atoms with Crippen molar-refractivity contribution in [1.82, 2.24) is 5.16 Å². The molecule has 0 saturated heterocycles. The third-order valence-corrected chi connectivity index (χ3v) is 4.75. The molecule has 0 aliphatic rings. The van der Waals surface area contributed by atoms with E-state index < -0.39 is 0 Å². The molecule has 0 saturated carbocycles. The first-order valence-electron chi connectivity index (χ1n) is 8.92. The summed E-state index contributed by atoms with van der Waals surface area (Å²) in [5.41, 5.74) is 3.35. The number of rotatable bonds is 6. The molecule has 3 aromatic rings. The van der Waals surface area contributed by atoms with E-state index in [4.69, 9.17) is 16.1 Å². The number of benzene rings is 2. The monoisotopic (exact) mass is 383 g/mol. The molecule has 0 fully saturated rings. The number of carbonyl (C=O) groups is 1. The molecule has 0 aliphatic heterocycles. The van der Waals surface area contributed by atoms with E-state index in [1.165, 1.54) is 0 Å². The zero-order valence-corrected chi connectivity index (χ0v) is 16.4. The summed E-state index contributed by atoms with van der Waals surface area (Å²) < 4.78 is 5.27. The van der Waals surface area contributed by atoms with Crippen molar-refractivity contribution in [3.8, 4) is 11.3 Å². The molecule has 0 radical (unpaired) electrons. The van der Waals surface area contributed by atoms with Crippen LogP contribution in [0.1, 0.15) is 30.0 Å². The second kappa shape index (κ2) is 8.27. The van der Waals surface area contributed by atoms with Gasteiger partial charge in [-0.05, 0) is 39.0 Å². The second-order valence-corrected chi connectivity index (χ2v) is 6.53. The largest absolute Gasteiger partial charge is 0.371 e. The van der Waals surface area contributed by atoms with Crippen molar-refractivity contribution >= 4 is 28.9 Å². The molecule has 3 rings (SSSR count). The van der Waals surface area contributed by atoms with Gasteiger partial charge in [0.05, 0.1) is 10.7 Å². The van der Waals surface area contributed by atoms with Crippen LogP contribution >= 0.6 is 11.6 Å². The zero-order chi connectivity index (χ0) is 19.4. The standard InChI is InChI=1S/C21H22ClN3O2/c1-4-25(5-2)18-12-11-16(13-17(18)22)23-21(26)19-14(3)27-24-20(19)15-9-7-6-8-10-15/h6-13H,4-5H2,1-3H3,(H,23,26). The zero-order valence-electron chi connectivity index (χ0n) is 15.6. The van der Waals surface area contributed by atoms with Crippen molar-refractivity contribution in [1.29, 1.82) is 0 Å². The van der Waals surface area contributed by atoms with Crippen LogP contribution in [0.25, 0.3) is 11.3 Å². The molecule has 0 spiro atoms. The van der Waals surface area contributed by atoms with Gasteiger partial charge in [-0.3, -0.25) is 4.79 Å². The van der Waals surface area contributed by atoms with E-state index in [2.05, 4.69) is 29.2 Å². The first-order valence-corrected chi connectivity index (χ1v) is 9.30. The van der Waals surface area contributed by atoms with Gasteiger partial charge in [0, 0.05) is 24.3 Å². The molecule has 27 heavy (non-hydrogen) atoms. The van der Waals surface area contributed by atoms with Gasteiger partial charge in [-0.1, -0.05) is 47.1 Å². The first kappa shape index (κ1) is 19.0. The SMILES string of the molecule is CCN(CC)c1ccc(NC(=O)c2c(-c3ccccc3)noc2C)cc1Cl. The third kappa shape index (κ3) is 3.98. The lowest BCUT2D eigenvalue weighted by atomic mass is 10.1. The molecule has 140 valence electrons. The van der Waals surface area contributed by atoms with Crippen LogP contribution in [-0.4, -0.2) is 24.2 Å². The van der Waals surface area contributed by atoms with E-state index in [1.807, 2.05) is 42.5 Å². The summed E-state index contributed by atoms with van der Waals surface area (Å²) in [6.45, 7) is 7.61. The van der Waals surface area contributed by atoms with Gasteiger partial charge in [0.25, 0.3) is 5.91 Å². The van der Waals surface area contributed by atoms with Gasteiger partial charge < -0.3 is 14.7 Å². The quantitative estimate of drug-likeness (QED) is 0.619. The fraction of sp³-hybridized carbons (Fsp3) is 0.238. The van der Waals surface area contributed by atoms with Crippen LogP contribution in [0, 0.1) is 6.92 Å². The molecule has 0 bridgehead atoms. The van der Waals surface area contributed by atoms with Crippen LogP contribution in [0.15, 0.2) is 53.1 Å². The highest BCUT2D eigenvalue weighted by Gasteiger charge is 2.22. The Morgan fingerprint density at radius 1 is 1.15 bits per heavy atom. The summed E-state index contributed by atoms with van der Waals surface area (Å²) in [5.74, 6) is 0.191. The van der Waals surface area contributed by atoms with Crippen LogP contribution < -0.4 is 10.2 Å².